The fourth-order valence-corrected chi connectivity index (χ4v) is 5.73. The van der Waals surface area contributed by atoms with Crippen LogP contribution in [0.4, 0.5) is 0 Å². The minimum absolute atomic E-state index is 0.0834. The number of carbonyl (C=O) groups excluding carboxylic acids is 3. The smallest absolute Gasteiger partial charge is 0.336 e. The molecule has 1 saturated heterocycles. The van der Waals surface area contributed by atoms with E-state index in [0.717, 1.165) is 43.2 Å². The molecule has 2 heterocycles. The molecule has 212 valence electrons. The van der Waals surface area contributed by atoms with Crippen molar-refractivity contribution in [1.29, 1.82) is 0 Å². The zero-order valence-electron chi connectivity index (χ0n) is 23.0. The first-order valence-electron chi connectivity index (χ1n) is 13.9. The molecule has 3 N–H and O–H groups in total. The van der Waals surface area contributed by atoms with Gasteiger partial charge in [0.15, 0.2) is 6.10 Å². The number of piperidine rings is 1. The molecule has 2 aliphatic rings. The van der Waals surface area contributed by atoms with Crippen LogP contribution in [0, 0.1) is 12.8 Å². The summed E-state index contributed by atoms with van der Waals surface area (Å²) in [6.45, 7) is 5.95. The maximum Gasteiger partial charge on any atom is 0.336 e. The van der Waals surface area contributed by atoms with E-state index in [1.807, 2.05) is 13.8 Å². The second-order valence-corrected chi connectivity index (χ2v) is 10.9. The zero-order chi connectivity index (χ0) is 28.2. The molecule has 2 aromatic rings. The van der Waals surface area contributed by atoms with E-state index in [9.17, 15) is 24.3 Å². The molecule has 1 aliphatic heterocycles. The number of likely N-dealkylation sites (tertiary alicyclic amines) is 1. The number of aliphatic hydroxyl groups is 1. The highest BCUT2D eigenvalue weighted by atomic mass is 16.5. The molecule has 0 spiro atoms. The minimum atomic E-state index is -0.923. The van der Waals surface area contributed by atoms with Crippen LogP contribution in [-0.4, -0.2) is 65.6 Å². The molecule has 1 aliphatic carbocycles. The average molecular weight is 542 g/mol. The second kappa shape index (κ2) is 12.2. The molecule has 10 nitrogen and oxygen atoms in total. The number of nitrogens with zero attached hydrogens (tertiary/aromatic N) is 1. The lowest BCUT2D eigenvalue weighted by Crippen LogP contribution is -2.56. The SMILES string of the molecule is CCCc1cc(=O)oc2cc(C)cc(O[C@@H](C)C(=O)NCC(=O)NCC(=O)N3CC[C@@]4(O)CCCC[C@H]4C3)c12. The normalized spacial score (nSPS) is 21.6. The van der Waals surface area contributed by atoms with Gasteiger partial charge in [0.25, 0.3) is 5.91 Å². The van der Waals surface area contributed by atoms with Crippen LogP contribution >= 0.6 is 0 Å². The van der Waals surface area contributed by atoms with Gasteiger partial charge in [0.05, 0.1) is 24.1 Å². The van der Waals surface area contributed by atoms with Crippen molar-refractivity contribution < 1.29 is 28.6 Å². The highest BCUT2D eigenvalue weighted by Gasteiger charge is 2.43. The number of fused-ring (bicyclic) bond motifs is 2. The maximum absolute atomic E-state index is 12.7. The Kier molecular flexibility index (Phi) is 8.94. The van der Waals surface area contributed by atoms with Crippen LogP contribution in [0.25, 0.3) is 11.0 Å². The van der Waals surface area contributed by atoms with Gasteiger partial charge in [-0.05, 0) is 62.8 Å². The topological polar surface area (TPSA) is 138 Å². The van der Waals surface area contributed by atoms with Gasteiger partial charge in [-0.1, -0.05) is 26.2 Å². The Morgan fingerprint density at radius 2 is 1.97 bits per heavy atom. The van der Waals surface area contributed by atoms with E-state index in [1.54, 1.807) is 24.0 Å². The molecule has 10 heteroatoms. The first-order valence-corrected chi connectivity index (χ1v) is 13.9. The van der Waals surface area contributed by atoms with Crippen molar-refractivity contribution in [2.45, 2.75) is 77.4 Å². The third-order valence-electron chi connectivity index (χ3n) is 7.87. The van der Waals surface area contributed by atoms with Crippen molar-refractivity contribution in [1.82, 2.24) is 15.5 Å². The number of nitrogens with one attached hydrogen (secondary N) is 2. The molecule has 1 aromatic carbocycles. The lowest BCUT2D eigenvalue weighted by atomic mass is 9.71. The van der Waals surface area contributed by atoms with Crippen molar-refractivity contribution in [2.24, 2.45) is 5.92 Å². The third kappa shape index (κ3) is 6.79. The maximum atomic E-state index is 12.7. The molecule has 0 unspecified atom stereocenters. The molecule has 3 amide bonds. The van der Waals surface area contributed by atoms with Crippen molar-refractivity contribution in [3.8, 4) is 5.75 Å². The number of ether oxygens (including phenoxy) is 1. The van der Waals surface area contributed by atoms with Crippen molar-refractivity contribution >= 4 is 28.7 Å². The van der Waals surface area contributed by atoms with Crippen LogP contribution in [0.5, 0.6) is 5.75 Å². The molecule has 3 atom stereocenters. The fourth-order valence-electron chi connectivity index (χ4n) is 5.73. The van der Waals surface area contributed by atoms with Gasteiger partial charge in [0, 0.05) is 25.1 Å². The van der Waals surface area contributed by atoms with Crippen LogP contribution in [0.2, 0.25) is 0 Å². The van der Waals surface area contributed by atoms with E-state index in [1.165, 1.54) is 6.07 Å². The van der Waals surface area contributed by atoms with E-state index in [0.29, 0.717) is 42.6 Å². The van der Waals surface area contributed by atoms with Gasteiger partial charge in [-0.25, -0.2) is 4.79 Å². The average Bonchev–Trinajstić information content (AvgIpc) is 2.89. The molecule has 1 aromatic heterocycles. The van der Waals surface area contributed by atoms with E-state index in [-0.39, 0.29) is 24.9 Å². The second-order valence-electron chi connectivity index (χ2n) is 10.9. The van der Waals surface area contributed by atoms with E-state index in [4.69, 9.17) is 9.15 Å². The Balaban J connectivity index is 1.28. The molecular weight excluding hydrogens is 502 g/mol. The fraction of sp³-hybridized carbons (Fsp3) is 0.586. The zero-order valence-corrected chi connectivity index (χ0v) is 23.0. The van der Waals surface area contributed by atoms with Gasteiger partial charge in [-0.3, -0.25) is 14.4 Å². The summed E-state index contributed by atoms with van der Waals surface area (Å²) < 4.78 is 11.4. The molecular formula is C29H39N3O7. The molecule has 0 bridgehead atoms. The number of carbonyl (C=O) groups is 3. The van der Waals surface area contributed by atoms with Crippen LogP contribution < -0.4 is 21.0 Å². The van der Waals surface area contributed by atoms with Crippen LogP contribution in [0.3, 0.4) is 0 Å². The summed E-state index contributed by atoms with van der Waals surface area (Å²) in [6, 6.07) is 5.00. The summed E-state index contributed by atoms with van der Waals surface area (Å²) in [5.74, 6) is -0.655. The predicted molar refractivity (Wildman–Crippen MR) is 145 cm³/mol. The van der Waals surface area contributed by atoms with Crippen molar-refractivity contribution in [3.63, 3.8) is 0 Å². The summed E-state index contributed by atoms with van der Waals surface area (Å²) in [5.41, 5.74) is 0.898. The summed E-state index contributed by atoms with van der Waals surface area (Å²) >= 11 is 0. The Labute approximate surface area is 228 Å². The number of hydrogen-bond donors (Lipinski definition) is 3. The summed E-state index contributed by atoms with van der Waals surface area (Å²) in [7, 11) is 0. The number of rotatable bonds is 9. The van der Waals surface area contributed by atoms with Gasteiger partial charge in [-0.2, -0.15) is 0 Å². The molecule has 39 heavy (non-hydrogen) atoms. The predicted octanol–water partition coefficient (Wildman–Crippen LogP) is 2.21. The Hall–Kier alpha value is -3.40. The number of benzene rings is 1. The summed E-state index contributed by atoms with van der Waals surface area (Å²) in [6.07, 6.45) is 4.89. The van der Waals surface area contributed by atoms with Gasteiger partial charge < -0.3 is 29.8 Å². The number of hydrogen-bond acceptors (Lipinski definition) is 7. The Morgan fingerprint density at radius 3 is 2.74 bits per heavy atom. The van der Waals surface area contributed by atoms with E-state index < -0.39 is 29.1 Å². The molecule has 2 fully saturated rings. The first kappa shape index (κ1) is 28.6. The van der Waals surface area contributed by atoms with Crippen LogP contribution in [0.15, 0.2) is 27.4 Å². The lowest BCUT2D eigenvalue weighted by Gasteiger charge is -2.47. The van der Waals surface area contributed by atoms with E-state index in [2.05, 4.69) is 10.6 Å². The third-order valence-corrected chi connectivity index (χ3v) is 7.87. The highest BCUT2D eigenvalue weighted by Crippen LogP contribution is 2.39. The summed E-state index contributed by atoms with van der Waals surface area (Å²) in [4.78, 5) is 51.4. The van der Waals surface area contributed by atoms with Gasteiger partial charge in [0.1, 0.15) is 11.3 Å². The Bertz CT molecular complexity index is 1290. The van der Waals surface area contributed by atoms with Gasteiger partial charge in [-0.15, -0.1) is 0 Å². The van der Waals surface area contributed by atoms with E-state index >= 15 is 0 Å². The number of amides is 3. The molecule has 1 saturated carbocycles. The minimum Gasteiger partial charge on any atom is -0.480 e. The van der Waals surface area contributed by atoms with Gasteiger partial charge in [0.2, 0.25) is 11.8 Å². The van der Waals surface area contributed by atoms with Crippen LogP contribution in [-0.2, 0) is 20.8 Å². The summed E-state index contributed by atoms with van der Waals surface area (Å²) in [5, 5.41) is 16.6. The van der Waals surface area contributed by atoms with Crippen molar-refractivity contribution in [3.05, 3.63) is 39.7 Å². The Morgan fingerprint density at radius 1 is 1.18 bits per heavy atom. The lowest BCUT2D eigenvalue weighted by molar-refractivity contribution is -0.143. The largest absolute Gasteiger partial charge is 0.480 e. The monoisotopic (exact) mass is 541 g/mol. The standard InChI is InChI=1S/C29H39N3O7/c1-4-7-20-14-26(35)39-23-13-18(2)12-22(27(20)23)38-19(3)28(36)31-15-24(33)30-16-25(34)32-11-10-29(37)9-6-5-8-21(29)17-32/h12-14,19,21,37H,4-11,15-17H2,1-3H3,(H,30,33)(H,31,36)/t19-,21-,29-/m0/s1. The van der Waals surface area contributed by atoms with Crippen molar-refractivity contribution in [2.75, 3.05) is 26.2 Å². The van der Waals surface area contributed by atoms with Crippen LogP contribution in [0.1, 0.15) is 63.5 Å². The van der Waals surface area contributed by atoms with Gasteiger partial charge >= 0.3 is 5.63 Å². The molecule has 0 radical (unpaired) electrons. The number of aryl methyl sites for hydroxylation is 2. The first-order chi connectivity index (χ1) is 18.6. The highest BCUT2D eigenvalue weighted by molar-refractivity contribution is 5.91. The molecule has 4 rings (SSSR count). The quantitative estimate of drug-likeness (QED) is 0.414.